The second-order valence-electron chi connectivity index (χ2n) is 10.1. The second-order valence-corrected chi connectivity index (χ2v) is 10.1. The molecule has 0 atom stereocenters. The van der Waals surface area contributed by atoms with Crippen LogP contribution in [0.3, 0.4) is 0 Å². The third-order valence-corrected chi connectivity index (χ3v) is 7.75. The zero-order valence-corrected chi connectivity index (χ0v) is 21.8. The molecule has 5 aromatic carbocycles. The Kier molecular flexibility index (Phi) is 5.14. The molecule has 0 radical (unpaired) electrons. The van der Waals surface area contributed by atoms with Crippen LogP contribution in [0, 0.1) is 0 Å². The molecule has 8 aromatic rings. The molecule has 0 bridgehead atoms. The van der Waals surface area contributed by atoms with E-state index in [4.69, 9.17) is 4.98 Å². The van der Waals surface area contributed by atoms with Crippen LogP contribution in [0.5, 0.6) is 0 Å². The summed E-state index contributed by atoms with van der Waals surface area (Å²) in [7, 11) is 0. The van der Waals surface area contributed by atoms with Crippen molar-refractivity contribution in [2.45, 2.75) is 0 Å². The lowest BCUT2D eigenvalue weighted by molar-refractivity contribution is 1.03. The molecule has 3 aromatic heterocycles. The Morgan fingerprint density at radius 3 is 1.60 bits per heavy atom. The first kappa shape index (κ1) is 22.6. The van der Waals surface area contributed by atoms with Gasteiger partial charge in [-0.25, -0.2) is 4.98 Å². The standard InChI is InChI=1S/C37H25N3/c1-3-13-26(14-4-1)28-23-32(27-15-5-2-6-16-27)38-37(24-28)39-25-36(31-19-9-10-20-33(31)39)40-34-21-11-7-17-29(34)30-18-8-12-22-35(30)40/h1-25H. The molecule has 8 rings (SSSR count). The van der Waals surface area contributed by atoms with Gasteiger partial charge in [0.2, 0.25) is 0 Å². The smallest absolute Gasteiger partial charge is 0.138 e. The summed E-state index contributed by atoms with van der Waals surface area (Å²) < 4.78 is 4.63. The number of nitrogens with zero attached hydrogens (tertiary/aromatic N) is 3. The number of fused-ring (bicyclic) bond motifs is 4. The summed E-state index contributed by atoms with van der Waals surface area (Å²) in [5, 5.41) is 3.69. The highest BCUT2D eigenvalue weighted by molar-refractivity contribution is 6.10. The topological polar surface area (TPSA) is 22.8 Å². The Labute approximate surface area is 232 Å². The average Bonchev–Trinajstić information content (AvgIpc) is 3.58. The Balaban J connectivity index is 1.43. The maximum Gasteiger partial charge on any atom is 0.138 e. The van der Waals surface area contributed by atoms with Crippen LogP contribution in [0.25, 0.3) is 66.6 Å². The molecule has 0 aliphatic rings. The fourth-order valence-electron chi connectivity index (χ4n) is 5.90. The van der Waals surface area contributed by atoms with Gasteiger partial charge in [-0.05, 0) is 41.5 Å². The summed E-state index contributed by atoms with van der Waals surface area (Å²) in [6.07, 6.45) is 2.25. The number of hydrogen-bond acceptors (Lipinski definition) is 1. The van der Waals surface area contributed by atoms with Gasteiger partial charge >= 0.3 is 0 Å². The van der Waals surface area contributed by atoms with Gasteiger partial charge in [-0.15, -0.1) is 0 Å². The number of benzene rings is 5. The van der Waals surface area contributed by atoms with E-state index in [0.29, 0.717) is 0 Å². The van der Waals surface area contributed by atoms with E-state index < -0.39 is 0 Å². The van der Waals surface area contributed by atoms with Crippen molar-refractivity contribution >= 4 is 32.7 Å². The Morgan fingerprint density at radius 1 is 0.425 bits per heavy atom. The van der Waals surface area contributed by atoms with Crippen molar-refractivity contribution < 1.29 is 0 Å². The highest BCUT2D eigenvalue weighted by Gasteiger charge is 2.18. The molecule has 3 heterocycles. The van der Waals surface area contributed by atoms with Crippen LogP contribution in [0.2, 0.25) is 0 Å². The van der Waals surface area contributed by atoms with E-state index in [1.165, 1.54) is 32.8 Å². The second kappa shape index (κ2) is 9.11. The molecule has 0 saturated heterocycles. The molecule has 3 nitrogen and oxygen atoms in total. The van der Waals surface area contributed by atoms with Crippen molar-refractivity contribution in [2.75, 3.05) is 0 Å². The van der Waals surface area contributed by atoms with Gasteiger partial charge in [0.15, 0.2) is 0 Å². The van der Waals surface area contributed by atoms with Crippen LogP contribution in [-0.2, 0) is 0 Å². The van der Waals surface area contributed by atoms with Gasteiger partial charge in [-0.1, -0.05) is 115 Å². The monoisotopic (exact) mass is 511 g/mol. The highest BCUT2D eigenvalue weighted by Crippen LogP contribution is 2.37. The molecular weight excluding hydrogens is 486 g/mol. The predicted molar refractivity (Wildman–Crippen MR) is 166 cm³/mol. The minimum atomic E-state index is 0.892. The van der Waals surface area contributed by atoms with Gasteiger partial charge in [0.05, 0.1) is 27.9 Å². The highest BCUT2D eigenvalue weighted by atomic mass is 15.1. The number of hydrogen-bond donors (Lipinski definition) is 0. The number of rotatable bonds is 4. The van der Waals surface area contributed by atoms with Crippen LogP contribution in [0.15, 0.2) is 152 Å². The van der Waals surface area contributed by atoms with Crippen molar-refractivity contribution in [1.29, 1.82) is 0 Å². The van der Waals surface area contributed by atoms with Crippen molar-refractivity contribution in [2.24, 2.45) is 0 Å². The van der Waals surface area contributed by atoms with Crippen LogP contribution >= 0.6 is 0 Å². The fraction of sp³-hybridized carbons (Fsp3) is 0. The maximum absolute atomic E-state index is 5.22. The Morgan fingerprint density at radius 2 is 0.950 bits per heavy atom. The van der Waals surface area contributed by atoms with Gasteiger partial charge in [0.25, 0.3) is 0 Å². The van der Waals surface area contributed by atoms with Gasteiger partial charge in [-0.2, -0.15) is 0 Å². The SMILES string of the molecule is c1ccc(-c2cc(-c3ccccc3)nc(-n3cc(-n4c5ccccc5c5ccccc54)c4ccccc43)c2)cc1. The van der Waals surface area contributed by atoms with E-state index in [9.17, 15) is 0 Å². The van der Waals surface area contributed by atoms with Crippen LogP contribution in [0.1, 0.15) is 0 Å². The van der Waals surface area contributed by atoms with Crippen molar-refractivity contribution in [3.05, 3.63) is 152 Å². The molecule has 3 heteroatoms. The first-order valence-corrected chi connectivity index (χ1v) is 13.6. The summed E-state index contributed by atoms with van der Waals surface area (Å²) in [6, 6.07) is 51.3. The van der Waals surface area contributed by atoms with Crippen molar-refractivity contribution in [1.82, 2.24) is 14.1 Å². The molecule has 0 aliphatic carbocycles. The molecule has 0 fully saturated rings. The van der Waals surface area contributed by atoms with Crippen LogP contribution in [-0.4, -0.2) is 14.1 Å². The third-order valence-electron chi connectivity index (χ3n) is 7.75. The fourth-order valence-corrected chi connectivity index (χ4v) is 5.90. The minimum Gasteiger partial charge on any atom is -0.307 e. The Bertz CT molecular complexity index is 2040. The zero-order chi connectivity index (χ0) is 26.5. The van der Waals surface area contributed by atoms with Gasteiger partial charge in [0.1, 0.15) is 5.82 Å². The number of aromatic nitrogens is 3. The number of para-hydroxylation sites is 3. The predicted octanol–water partition coefficient (Wildman–Crippen LogP) is 9.46. The van der Waals surface area contributed by atoms with Gasteiger partial charge in [-0.3, -0.25) is 4.57 Å². The molecule has 0 aliphatic heterocycles. The van der Waals surface area contributed by atoms with E-state index >= 15 is 0 Å². The number of pyridine rings is 1. The van der Waals surface area contributed by atoms with Crippen molar-refractivity contribution in [3.63, 3.8) is 0 Å². The Hall–Kier alpha value is -5.41. The quantitative estimate of drug-likeness (QED) is 0.231. The minimum absolute atomic E-state index is 0.892. The van der Waals surface area contributed by atoms with E-state index in [-0.39, 0.29) is 0 Å². The summed E-state index contributed by atoms with van der Waals surface area (Å²) in [4.78, 5) is 5.22. The molecule has 0 spiro atoms. The summed E-state index contributed by atoms with van der Waals surface area (Å²) in [5.41, 5.74) is 9.01. The first-order valence-electron chi connectivity index (χ1n) is 13.6. The van der Waals surface area contributed by atoms with Crippen LogP contribution in [0.4, 0.5) is 0 Å². The zero-order valence-electron chi connectivity index (χ0n) is 21.8. The third kappa shape index (κ3) is 3.56. The van der Waals surface area contributed by atoms with Gasteiger partial charge < -0.3 is 4.57 Å². The van der Waals surface area contributed by atoms with Crippen molar-refractivity contribution in [3.8, 4) is 33.9 Å². The summed E-state index contributed by atoms with van der Waals surface area (Å²) >= 11 is 0. The molecular formula is C37H25N3. The molecule has 40 heavy (non-hydrogen) atoms. The van der Waals surface area contributed by atoms with E-state index in [0.717, 1.165) is 33.8 Å². The van der Waals surface area contributed by atoms with Gasteiger partial charge in [0, 0.05) is 27.9 Å². The lowest BCUT2D eigenvalue weighted by Crippen LogP contribution is -1.99. The van der Waals surface area contributed by atoms with E-state index in [2.05, 4.69) is 155 Å². The van der Waals surface area contributed by atoms with E-state index in [1.807, 2.05) is 6.07 Å². The molecule has 0 N–H and O–H groups in total. The lowest BCUT2D eigenvalue weighted by Gasteiger charge is -2.11. The largest absolute Gasteiger partial charge is 0.307 e. The lowest BCUT2D eigenvalue weighted by atomic mass is 10.0. The first-order chi connectivity index (χ1) is 19.8. The molecule has 0 saturated carbocycles. The molecule has 0 unspecified atom stereocenters. The van der Waals surface area contributed by atoms with Crippen LogP contribution < -0.4 is 0 Å². The normalized spacial score (nSPS) is 11.5. The summed E-state index contributed by atoms with van der Waals surface area (Å²) in [6.45, 7) is 0. The molecule has 188 valence electrons. The maximum atomic E-state index is 5.22. The average molecular weight is 512 g/mol. The van der Waals surface area contributed by atoms with E-state index in [1.54, 1.807) is 0 Å². The molecule has 0 amide bonds. The summed E-state index contributed by atoms with van der Waals surface area (Å²) in [5.74, 6) is 0.892.